The third-order valence-electron chi connectivity index (χ3n) is 2.24. The first-order chi connectivity index (χ1) is 8.34. The highest BCUT2D eigenvalue weighted by atomic mass is 16.6. The molecule has 0 amide bonds. The fraction of sp³-hybridized carbons (Fsp3) is 1.00. The summed E-state index contributed by atoms with van der Waals surface area (Å²) in [5, 5.41) is 72.1. The van der Waals surface area contributed by atoms with Gasteiger partial charge >= 0.3 is 0 Å². The lowest BCUT2D eigenvalue weighted by atomic mass is 10.0. The first-order valence-corrected chi connectivity index (χ1v) is 5.26. The van der Waals surface area contributed by atoms with Crippen LogP contribution in [-0.2, 0) is 4.74 Å². The van der Waals surface area contributed by atoms with Crippen LogP contribution in [0.2, 0.25) is 0 Å². The van der Waals surface area contributed by atoms with Crippen LogP contribution < -0.4 is 0 Å². The van der Waals surface area contributed by atoms with E-state index in [0.29, 0.717) is 0 Å². The van der Waals surface area contributed by atoms with Crippen molar-refractivity contribution in [2.75, 3.05) is 19.8 Å². The van der Waals surface area contributed by atoms with Crippen LogP contribution in [0.3, 0.4) is 0 Å². The van der Waals surface area contributed by atoms with E-state index in [-0.39, 0.29) is 0 Å². The van der Waals surface area contributed by atoms with Crippen LogP contribution in [0, 0.1) is 0 Å². The summed E-state index contributed by atoms with van der Waals surface area (Å²) in [7, 11) is 0. The molecule has 0 aliphatic heterocycles. The SMILES string of the molecule is OCC(O)COC(O)[C@@H](O)[C@@H](O)[C@H](O)[C@H](O)CO. The minimum atomic E-state index is -1.97. The third kappa shape index (κ3) is 5.52. The molecule has 0 aromatic rings. The van der Waals surface area contributed by atoms with Crippen molar-refractivity contribution in [2.45, 2.75) is 36.8 Å². The Morgan fingerprint density at radius 2 is 1.28 bits per heavy atom. The fourth-order valence-electron chi connectivity index (χ4n) is 1.07. The normalized spacial score (nSPS) is 22.0. The molecule has 0 aliphatic rings. The second-order valence-electron chi connectivity index (χ2n) is 3.78. The Hall–Kier alpha value is -0.360. The maximum Gasteiger partial charge on any atom is 0.183 e. The molecule has 6 atom stereocenters. The van der Waals surface area contributed by atoms with Crippen LogP contribution in [0.1, 0.15) is 0 Å². The molecule has 0 spiro atoms. The van der Waals surface area contributed by atoms with Gasteiger partial charge in [0.15, 0.2) is 6.29 Å². The van der Waals surface area contributed by atoms with Crippen molar-refractivity contribution in [3.8, 4) is 0 Å². The van der Waals surface area contributed by atoms with Gasteiger partial charge in [-0.1, -0.05) is 0 Å². The van der Waals surface area contributed by atoms with Gasteiger partial charge in [-0.15, -0.1) is 0 Å². The summed E-state index contributed by atoms with van der Waals surface area (Å²) < 4.78 is 4.52. The molecule has 8 N–H and O–H groups in total. The van der Waals surface area contributed by atoms with Gasteiger partial charge in [0.2, 0.25) is 0 Å². The van der Waals surface area contributed by atoms with Crippen LogP contribution >= 0.6 is 0 Å². The first kappa shape index (κ1) is 17.6. The van der Waals surface area contributed by atoms with Crippen molar-refractivity contribution in [3.05, 3.63) is 0 Å². The van der Waals surface area contributed by atoms with Gasteiger partial charge in [-0.25, -0.2) is 0 Å². The monoisotopic (exact) mass is 272 g/mol. The molecule has 0 aliphatic carbocycles. The molecule has 18 heavy (non-hydrogen) atoms. The molecule has 9 nitrogen and oxygen atoms in total. The predicted molar refractivity (Wildman–Crippen MR) is 56.2 cm³/mol. The van der Waals surface area contributed by atoms with E-state index in [2.05, 4.69) is 4.74 Å². The highest BCUT2D eigenvalue weighted by Crippen LogP contribution is 2.09. The molecule has 0 radical (unpaired) electrons. The average Bonchev–Trinajstić information content (AvgIpc) is 2.40. The average molecular weight is 272 g/mol. The van der Waals surface area contributed by atoms with Gasteiger partial charge in [-0.2, -0.15) is 0 Å². The van der Waals surface area contributed by atoms with Gasteiger partial charge < -0.3 is 45.6 Å². The Balaban J connectivity index is 4.22. The van der Waals surface area contributed by atoms with Crippen molar-refractivity contribution in [2.24, 2.45) is 0 Å². The Bertz CT molecular complexity index is 214. The van der Waals surface area contributed by atoms with Gasteiger partial charge in [0.25, 0.3) is 0 Å². The summed E-state index contributed by atoms with van der Waals surface area (Å²) in [6.07, 6.45) is -10.7. The standard InChI is InChI=1S/C9H20O9/c10-1-4(12)3-18-9(17)8(16)7(15)6(14)5(13)2-11/h4-17H,1-3H2/t4?,5-,6-,7+,8+,9?/m1/s1. The lowest BCUT2D eigenvalue weighted by Gasteiger charge is -2.28. The van der Waals surface area contributed by atoms with Gasteiger partial charge in [0.05, 0.1) is 19.8 Å². The summed E-state index contributed by atoms with van der Waals surface area (Å²) in [5.74, 6) is 0. The Morgan fingerprint density at radius 1 is 0.722 bits per heavy atom. The van der Waals surface area contributed by atoms with Gasteiger partial charge in [-0.3, -0.25) is 0 Å². The number of aliphatic hydroxyl groups excluding tert-OH is 8. The topological polar surface area (TPSA) is 171 Å². The number of hydrogen-bond donors (Lipinski definition) is 8. The smallest absolute Gasteiger partial charge is 0.183 e. The maximum atomic E-state index is 9.36. The van der Waals surface area contributed by atoms with E-state index in [1.54, 1.807) is 0 Å². The molecule has 0 aromatic heterocycles. The highest BCUT2D eigenvalue weighted by molar-refractivity contribution is 4.82. The van der Waals surface area contributed by atoms with Crippen LogP contribution in [0.25, 0.3) is 0 Å². The van der Waals surface area contributed by atoms with E-state index in [4.69, 9.17) is 20.4 Å². The molecule has 0 heterocycles. The van der Waals surface area contributed by atoms with Crippen LogP contribution in [-0.4, -0.2) is 97.5 Å². The van der Waals surface area contributed by atoms with Crippen molar-refractivity contribution >= 4 is 0 Å². The number of hydrogen-bond acceptors (Lipinski definition) is 9. The van der Waals surface area contributed by atoms with E-state index >= 15 is 0 Å². The second kappa shape index (κ2) is 8.69. The molecule has 0 saturated carbocycles. The van der Waals surface area contributed by atoms with Crippen molar-refractivity contribution < 1.29 is 45.6 Å². The zero-order chi connectivity index (χ0) is 14.3. The summed E-state index contributed by atoms with van der Waals surface area (Å²) in [6, 6.07) is 0. The van der Waals surface area contributed by atoms with E-state index in [9.17, 15) is 20.4 Å². The van der Waals surface area contributed by atoms with Crippen LogP contribution in [0.5, 0.6) is 0 Å². The zero-order valence-corrected chi connectivity index (χ0v) is 9.57. The summed E-state index contributed by atoms with van der Waals surface area (Å²) >= 11 is 0. The summed E-state index contributed by atoms with van der Waals surface area (Å²) in [5.41, 5.74) is 0. The molecule has 0 rings (SSSR count). The molecular weight excluding hydrogens is 252 g/mol. The molecule has 110 valence electrons. The first-order valence-electron chi connectivity index (χ1n) is 5.26. The van der Waals surface area contributed by atoms with E-state index < -0.39 is 56.6 Å². The molecule has 0 bridgehead atoms. The van der Waals surface area contributed by atoms with E-state index in [1.165, 1.54) is 0 Å². The molecule has 0 fully saturated rings. The lowest BCUT2D eigenvalue weighted by Crippen LogP contribution is -2.50. The minimum Gasteiger partial charge on any atom is -0.394 e. The molecule has 0 saturated heterocycles. The van der Waals surface area contributed by atoms with E-state index in [1.807, 2.05) is 0 Å². The molecule has 2 unspecified atom stereocenters. The van der Waals surface area contributed by atoms with E-state index in [0.717, 1.165) is 0 Å². The van der Waals surface area contributed by atoms with Crippen LogP contribution in [0.4, 0.5) is 0 Å². The van der Waals surface area contributed by atoms with Crippen molar-refractivity contribution in [1.82, 2.24) is 0 Å². The predicted octanol–water partition coefficient (Wildman–Crippen LogP) is -4.89. The summed E-state index contributed by atoms with van der Waals surface area (Å²) in [4.78, 5) is 0. The maximum absolute atomic E-state index is 9.36. The number of rotatable bonds is 9. The Morgan fingerprint density at radius 3 is 1.72 bits per heavy atom. The highest BCUT2D eigenvalue weighted by Gasteiger charge is 2.34. The third-order valence-corrected chi connectivity index (χ3v) is 2.24. The molecule has 0 aromatic carbocycles. The largest absolute Gasteiger partial charge is 0.394 e. The van der Waals surface area contributed by atoms with Gasteiger partial charge in [0, 0.05) is 0 Å². The number of ether oxygens (including phenoxy) is 1. The summed E-state index contributed by atoms with van der Waals surface area (Å²) in [6.45, 7) is -1.96. The lowest BCUT2D eigenvalue weighted by molar-refractivity contribution is -0.219. The fourth-order valence-corrected chi connectivity index (χ4v) is 1.07. The molecule has 9 heteroatoms. The number of aliphatic hydroxyl groups is 8. The van der Waals surface area contributed by atoms with Crippen molar-refractivity contribution in [3.63, 3.8) is 0 Å². The Kier molecular flexibility index (Phi) is 8.52. The second-order valence-corrected chi connectivity index (χ2v) is 3.78. The quantitative estimate of drug-likeness (QED) is 0.191. The Labute approximate surface area is 103 Å². The minimum absolute atomic E-state index is 0.500. The van der Waals surface area contributed by atoms with Crippen LogP contribution in [0.15, 0.2) is 0 Å². The van der Waals surface area contributed by atoms with Gasteiger partial charge in [0.1, 0.15) is 30.5 Å². The zero-order valence-electron chi connectivity index (χ0n) is 9.57. The van der Waals surface area contributed by atoms with Gasteiger partial charge in [-0.05, 0) is 0 Å². The molecular formula is C9H20O9. The van der Waals surface area contributed by atoms with Crippen molar-refractivity contribution in [1.29, 1.82) is 0 Å².